The van der Waals surface area contributed by atoms with Gasteiger partial charge in [0.25, 0.3) is 5.91 Å². The number of pyridine rings is 1. The molecule has 1 heterocycles. The van der Waals surface area contributed by atoms with Crippen LogP contribution in [0.4, 0.5) is 10.6 Å². The van der Waals surface area contributed by atoms with Crippen LogP contribution in [0.5, 0.6) is 0 Å². The first kappa shape index (κ1) is 22.6. The molecule has 35 heavy (non-hydrogen) atoms. The average Bonchev–Trinajstić information content (AvgIpc) is 3.66. The number of hydrogen-bond donors (Lipinski definition) is 3. The van der Waals surface area contributed by atoms with Crippen molar-refractivity contribution >= 4 is 23.8 Å². The topological polar surface area (TPSA) is 118 Å². The van der Waals surface area contributed by atoms with Crippen LogP contribution < -0.4 is 10.6 Å². The molecule has 1 fully saturated rings. The smallest absolute Gasteiger partial charge is 0.412 e. The standard InChI is InChI=1S/C27H25N3O5/c1-27(25(32)33,16-13-14-16)30-24(31)22-11-6-12-23(28-22)29-26(34)35-15-21-19-9-4-2-7-17(19)18-8-3-5-10-20(18)21/h2-12,16,21H,13-15H2,1H3,(H,30,31)(H,32,33)(H,28,29,34). The van der Waals surface area contributed by atoms with Crippen molar-refractivity contribution in [2.24, 2.45) is 5.92 Å². The summed E-state index contributed by atoms with van der Waals surface area (Å²) < 4.78 is 5.53. The third kappa shape index (κ3) is 4.35. The number of anilines is 1. The summed E-state index contributed by atoms with van der Waals surface area (Å²) in [6.45, 7) is 1.65. The molecule has 1 atom stereocenters. The number of carboxylic acids is 1. The lowest BCUT2D eigenvalue weighted by molar-refractivity contribution is -0.144. The molecule has 0 radical (unpaired) electrons. The van der Waals surface area contributed by atoms with Gasteiger partial charge in [0.15, 0.2) is 0 Å². The molecule has 1 unspecified atom stereocenters. The maximum Gasteiger partial charge on any atom is 0.412 e. The Morgan fingerprint density at radius 3 is 2.20 bits per heavy atom. The highest BCUT2D eigenvalue weighted by molar-refractivity contribution is 5.97. The number of carboxylic acid groups (broad SMARTS) is 1. The largest absolute Gasteiger partial charge is 0.480 e. The number of nitrogens with one attached hydrogen (secondary N) is 2. The molecule has 0 saturated heterocycles. The third-order valence-corrected chi connectivity index (χ3v) is 6.77. The molecule has 2 aliphatic carbocycles. The summed E-state index contributed by atoms with van der Waals surface area (Å²) in [7, 11) is 0. The van der Waals surface area contributed by atoms with Crippen molar-refractivity contribution in [3.63, 3.8) is 0 Å². The first-order valence-corrected chi connectivity index (χ1v) is 11.5. The summed E-state index contributed by atoms with van der Waals surface area (Å²) in [4.78, 5) is 41.1. The van der Waals surface area contributed by atoms with Gasteiger partial charge in [-0.1, -0.05) is 54.6 Å². The van der Waals surface area contributed by atoms with E-state index in [1.165, 1.54) is 19.1 Å². The van der Waals surface area contributed by atoms with E-state index >= 15 is 0 Å². The number of aromatic nitrogens is 1. The fourth-order valence-corrected chi connectivity index (χ4v) is 4.66. The summed E-state index contributed by atoms with van der Waals surface area (Å²) in [5, 5.41) is 14.7. The molecule has 0 spiro atoms. The Kier molecular flexibility index (Phi) is 5.72. The van der Waals surface area contributed by atoms with Crippen LogP contribution in [0, 0.1) is 5.92 Å². The van der Waals surface area contributed by atoms with E-state index in [9.17, 15) is 19.5 Å². The van der Waals surface area contributed by atoms with E-state index in [-0.39, 0.29) is 30.0 Å². The van der Waals surface area contributed by atoms with Crippen molar-refractivity contribution < 1.29 is 24.2 Å². The second kappa shape index (κ2) is 8.87. The number of hydrogen-bond acceptors (Lipinski definition) is 5. The van der Waals surface area contributed by atoms with Crippen LogP contribution in [-0.2, 0) is 9.53 Å². The maximum atomic E-state index is 12.7. The van der Waals surface area contributed by atoms with Gasteiger partial charge in [-0.05, 0) is 60.1 Å². The van der Waals surface area contributed by atoms with Gasteiger partial charge in [-0.25, -0.2) is 14.6 Å². The number of amides is 2. The number of carbonyl (C=O) groups excluding carboxylic acids is 2. The lowest BCUT2D eigenvalue weighted by Gasteiger charge is -2.25. The van der Waals surface area contributed by atoms with Crippen LogP contribution in [0.2, 0.25) is 0 Å². The van der Waals surface area contributed by atoms with Crippen molar-refractivity contribution in [2.45, 2.75) is 31.2 Å². The van der Waals surface area contributed by atoms with Gasteiger partial charge in [0.05, 0.1) is 0 Å². The molecule has 2 aromatic carbocycles. The Hall–Kier alpha value is -4.20. The van der Waals surface area contributed by atoms with Gasteiger partial charge < -0.3 is 15.2 Å². The molecule has 1 aromatic heterocycles. The van der Waals surface area contributed by atoms with E-state index < -0.39 is 23.5 Å². The van der Waals surface area contributed by atoms with E-state index in [0.717, 1.165) is 35.1 Å². The fourth-order valence-electron chi connectivity index (χ4n) is 4.66. The number of ether oxygens (including phenoxy) is 1. The number of fused-ring (bicyclic) bond motifs is 3. The van der Waals surface area contributed by atoms with Crippen LogP contribution in [0.3, 0.4) is 0 Å². The molecule has 5 rings (SSSR count). The average molecular weight is 472 g/mol. The normalized spacial score (nSPS) is 15.9. The van der Waals surface area contributed by atoms with E-state index in [4.69, 9.17) is 4.74 Å². The first-order valence-electron chi connectivity index (χ1n) is 11.5. The van der Waals surface area contributed by atoms with Crippen LogP contribution >= 0.6 is 0 Å². The number of carbonyl (C=O) groups is 3. The van der Waals surface area contributed by atoms with Gasteiger partial charge in [0.2, 0.25) is 0 Å². The molecule has 2 aliphatic rings. The van der Waals surface area contributed by atoms with Crippen molar-refractivity contribution in [2.75, 3.05) is 11.9 Å². The van der Waals surface area contributed by atoms with Crippen molar-refractivity contribution in [1.29, 1.82) is 0 Å². The highest BCUT2D eigenvalue weighted by atomic mass is 16.5. The Morgan fingerprint density at radius 2 is 1.60 bits per heavy atom. The highest BCUT2D eigenvalue weighted by Gasteiger charge is 2.48. The second-order valence-corrected chi connectivity index (χ2v) is 9.09. The Bertz CT molecular complexity index is 1270. The molecule has 0 aliphatic heterocycles. The van der Waals surface area contributed by atoms with Crippen LogP contribution in [0.15, 0.2) is 66.7 Å². The predicted molar refractivity (Wildman–Crippen MR) is 129 cm³/mol. The molecule has 0 bridgehead atoms. The van der Waals surface area contributed by atoms with Crippen molar-refractivity contribution in [3.05, 3.63) is 83.6 Å². The van der Waals surface area contributed by atoms with E-state index in [0.29, 0.717) is 0 Å². The first-order chi connectivity index (χ1) is 16.9. The third-order valence-electron chi connectivity index (χ3n) is 6.77. The Morgan fingerprint density at radius 1 is 0.971 bits per heavy atom. The number of nitrogens with zero attached hydrogens (tertiary/aromatic N) is 1. The molecule has 178 valence electrons. The Labute approximate surface area is 202 Å². The van der Waals surface area contributed by atoms with E-state index in [2.05, 4.69) is 27.8 Å². The lowest BCUT2D eigenvalue weighted by Crippen LogP contribution is -2.54. The molecule has 1 saturated carbocycles. The molecule has 8 heteroatoms. The molecule has 3 aromatic rings. The predicted octanol–water partition coefficient (Wildman–Crippen LogP) is 4.43. The van der Waals surface area contributed by atoms with Crippen LogP contribution in [-0.4, -0.2) is 40.2 Å². The summed E-state index contributed by atoms with van der Waals surface area (Å²) in [6.07, 6.45) is 0.810. The zero-order valence-corrected chi connectivity index (χ0v) is 19.2. The van der Waals surface area contributed by atoms with Crippen molar-refractivity contribution in [1.82, 2.24) is 10.3 Å². The van der Waals surface area contributed by atoms with Gasteiger partial charge in [0, 0.05) is 5.92 Å². The van der Waals surface area contributed by atoms with Crippen LogP contribution in [0.25, 0.3) is 11.1 Å². The molecular weight excluding hydrogens is 446 g/mol. The highest BCUT2D eigenvalue weighted by Crippen LogP contribution is 2.44. The van der Waals surface area contributed by atoms with Gasteiger partial charge in [-0.2, -0.15) is 0 Å². The SMILES string of the molecule is CC(NC(=O)c1cccc(NC(=O)OCC2c3ccccc3-c3ccccc32)n1)(C(=O)O)C1CC1. The quantitative estimate of drug-likeness (QED) is 0.469. The second-order valence-electron chi connectivity index (χ2n) is 9.09. The summed E-state index contributed by atoms with van der Waals surface area (Å²) in [5.74, 6) is -1.74. The van der Waals surface area contributed by atoms with E-state index in [1.54, 1.807) is 6.07 Å². The van der Waals surface area contributed by atoms with Crippen molar-refractivity contribution in [3.8, 4) is 11.1 Å². The molecule has 3 N–H and O–H groups in total. The molecular formula is C27H25N3O5. The summed E-state index contributed by atoms with van der Waals surface area (Å²) >= 11 is 0. The summed E-state index contributed by atoms with van der Waals surface area (Å²) in [5.41, 5.74) is 3.14. The zero-order chi connectivity index (χ0) is 24.6. The zero-order valence-electron chi connectivity index (χ0n) is 19.2. The van der Waals surface area contributed by atoms with Gasteiger partial charge >= 0.3 is 12.1 Å². The molecule has 2 amide bonds. The monoisotopic (exact) mass is 471 g/mol. The van der Waals surface area contributed by atoms with Gasteiger partial charge in [0.1, 0.15) is 23.7 Å². The van der Waals surface area contributed by atoms with E-state index in [1.807, 2.05) is 36.4 Å². The Balaban J connectivity index is 1.24. The summed E-state index contributed by atoms with van der Waals surface area (Å²) in [6, 6.07) is 20.7. The number of rotatable bonds is 7. The van der Waals surface area contributed by atoms with Gasteiger partial charge in [-0.15, -0.1) is 0 Å². The van der Waals surface area contributed by atoms with Crippen LogP contribution in [0.1, 0.15) is 47.3 Å². The lowest BCUT2D eigenvalue weighted by atomic mass is 9.96. The minimum atomic E-state index is -1.35. The number of benzene rings is 2. The molecule has 8 nitrogen and oxygen atoms in total. The van der Waals surface area contributed by atoms with Gasteiger partial charge in [-0.3, -0.25) is 10.1 Å². The minimum Gasteiger partial charge on any atom is -0.480 e. The minimum absolute atomic E-state index is 0.00886. The maximum absolute atomic E-state index is 12.7. The fraction of sp³-hybridized carbons (Fsp3) is 0.259. The number of aliphatic carboxylic acids is 1.